The summed E-state index contributed by atoms with van der Waals surface area (Å²) >= 11 is 1.52. The van der Waals surface area contributed by atoms with Crippen LogP contribution >= 0.6 is 11.3 Å². The third kappa shape index (κ3) is 5.35. The number of anilines is 1. The monoisotopic (exact) mass is 343 g/mol. The Morgan fingerprint density at radius 3 is 2.75 bits per heavy atom. The summed E-state index contributed by atoms with van der Waals surface area (Å²) in [5, 5.41) is 4.74. The zero-order valence-corrected chi connectivity index (χ0v) is 14.6. The van der Waals surface area contributed by atoms with Crippen molar-refractivity contribution < 1.29 is 14.3 Å². The number of carbonyl (C=O) groups is 2. The molecule has 0 aliphatic carbocycles. The van der Waals surface area contributed by atoms with Gasteiger partial charge in [0.15, 0.2) is 6.61 Å². The average Bonchev–Trinajstić information content (AvgIpc) is 3.11. The minimum Gasteiger partial charge on any atom is -0.452 e. The molecular formula is C19H21NO3S. The zero-order chi connectivity index (χ0) is 17.4. The molecule has 1 aromatic heterocycles. The lowest BCUT2D eigenvalue weighted by molar-refractivity contribution is -0.142. The molecule has 4 nitrogen and oxygen atoms in total. The summed E-state index contributed by atoms with van der Waals surface area (Å²) in [5.74, 6) is -0.532. The predicted molar refractivity (Wildman–Crippen MR) is 98.1 cm³/mol. The molecule has 0 radical (unpaired) electrons. The third-order valence-corrected chi connectivity index (χ3v) is 4.49. The van der Waals surface area contributed by atoms with E-state index in [1.165, 1.54) is 17.4 Å². The summed E-state index contributed by atoms with van der Waals surface area (Å²) in [6.45, 7) is 3.91. The van der Waals surface area contributed by atoms with Crippen molar-refractivity contribution in [1.29, 1.82) is 0 Å². The van der Waals surface area contributed by atoms with Crippen LogP contribution in [0.3, 0.4) is 0 Å². The minimum absolute atomic E-state index is 0.303. The second-order valence-electron chi connectivity index (χ2n) is 5.40. The van der Waals surface area contributed by atoms with Crippen molar-refractivity contribution in [2.75, 3.05) is 11.9 Å². The molecule has 0 saturated heterocycles. The number of thiophene rings is 1. The lowest BCUT2D eigenvalue weighted by Crippen LogP contribution is -2.21. The summed E-state index contributed by atoms with van der Waals surface area (Å²) < 4.78 is 4.97. The molecule has 5 heteroatoms. The Hall–Kier alpha value is -2.40. The highest BCUT2D eigenvalue weighted by atomic mass is 32.1. The first-order valence-electron chi connectivity index (χ1n) is 7.87. The Labute approximate surface area is 146 Å². The summed E-state index contributed by atoms with van der Waals surface area (Å²) in [6, 6.07) is 11.5. The third-order valence-electron chi connectivity index (χ3n) is 3.65. The van der Waals surface area contributed by atoms with Gasteiger partial charge < -0.3 is 10.1 Å². The molecule has 1 aromatic carbocycles. The molecule has 0 aliphatic rings. The van der Waals surface area contributed by atoms with Gasteiger partial charge in [-0.05, 0) is 41.5 Å². The van der Waals surface area contributed by atoms with Gasteiger partial charge in [-0.25, -0.2) is 4.79 Å². The van der Waals surface area contributed by atoms with Crippen LogP contribution < -0.4 is 5.32 Å². The maximum absolute atomic E-state index is 12.0. The number of nitrogens with one attached hydrogen (secondary N) is 1. The van der Waals surface area contributed by atoms with E-state index in [0.29, 0.717) is 5.92 Å². The molecular weight excluding hydrogens is 322 g/mol. The number of carbonyl (C=O) groups excluding carboxylic acids is 2. The fourth-order valence-electron chi connectivity index (χ4n) is 2.17. The van der Waals surface area contributed by atoms with Crippen LogP contribution in [-0.2, 0) is 14.3 Å². The quantitative estimate of drug-likeness (QED) is 0.596. The highest BCUT2D eigenvalue weighted by molar-refractivity contribution is 7.10. The van der Waals surface area contributed by atoms with Gasteiger partial charge in [-0.2, -0.15) is 0 Å². The molecule has 2 aromatic rings. The van der Waals surface area contributed by atoms with E-state index in [9.17, 15) is 9.59 Å². The van der Waals surface area contributed by atoms with Gasteiger partial charge in [0, 0.05) is 16.6 Å². The van der Waals surface area contributed by atoms with Gasteiger partial charge in [0.05, 0.1) is 0 Å². The molecule has 2 rings (SSSR count). The molecule has 0 fully saturated rings. The number of hydrogen-bond donors (Lipinski definition) is 1. The summed E-state index contributed by atoms with van der Waals surface area (Å²) in [4.78, 5) is 24.6. The van der Waals surface area contributed by atoms with E-state index in [0.717, 1.165) is 22.5 Å². The van der Waals surface area contributed by atoms with Gasteiger partial charge in [-0.3, -0.25) is 4.79 Å². The smallest absolute Gasteiger partial charge is 0.331 e. The van der Waals surface area contributed by atoms with Crippen molar-refractivity contribution in [1.82, 2.24) is 0 Å². The molecule has 0 saturated carbocycles. The standard InChI is InChI=1S/C19H21NO3S/c1-3-14(2)16-8-4-5-9-17(16)20-18(21)13-23-19(22)11-10-15-7-6-12-24-15/h4-12,14H,3,13H2,1-2H3,(H,20,21)/b11-10+/t14-/m0/s1. The fourth-order valence-corrected chi connectivity index (χ4v) is 2.79. The van der Waals surface area contributed by atoms with Crippen LogP contribution in [0, 0.1) is 0 Å². The Morgan fingerprint density at radius 2 is 2.04 bits per heavy atom. The highest BCUT2D eigenvalue weighted by Gasteiger charge is 2.12. The van der Waals surface area contributed by atoms with Crippen LogP contribution in [-0.4, -0.2) is 18.5 Å². The largest absolute Gasteiger partial charge is 0.452 e. The lowest BCUT2D eigenvalue weighted by Gasteiger charge is -2.15. The van der Waals surface area contributed by atoms with Gasteiger partial charge >= 0.3 is 5.97 Å². The van der Waals surface area contributed by atoms with E-state index >= 15 is 0 Å². The van der Waals surface area contributed by atoms with E-state index in [1.54, 1.807) is 6.08 Å². The second kappa shape index (κ2) is 9.03. The van der Waals surface area contributed by atoms with Crippen molar-refractivity contribution in [3.05, 3.63) is 58.3 Å². The number of esters is 1. The topological polar surface area (TPSA) is 55.4 Å². The van der Waals surface area contributed by atoms with Gasteiger partial charge in [0.25, 0.3) is 5.91 Å². The number of ether oxygens (including phenoxy) is 1. The van der Waals surface area contributed by atoms with E-state index in [-0.39, 0.29) is 12.5 Å². The molecule has 126 valence electrons. The van der Waals surface area contributed by atoms with Crippen LogP contribution in [0.15, 0.2) is 47.9 Å². The first-order chi connectivity index (χ1) is 11.6. The van der Waals surface area contributed by atoms with Crippen LogP contribution in [0.25, 0.3) is 6.08 Å². The lowest BCUT2D eigenvalue weighted by atomic mass is 9.97. The maximum Gasteiger partial charge on any atom is 0.331 e. The van der Waals surface area contributed by atoms with Gasteiger partial charge in [-0.1, -0.05) is 38.1 Å². The molecule has 24 heavy (non-hydrogen) atoms. The van der Waals surface area contributed by atoms with Crippen molar-refractivity contribution in [2.24, 2.45) is 0 Å². The Morgan fingerprint density at radius 1 is 1.25 bits per heavy atom. The van der Waals surface area contributed by atoms with E-state index in [2.05, 4.69) is 19.2 Å². The molecule has 1 atom stereocenters. The normalized spacial score (nSPS) is 12.1. The highest BCUT2D eigenvalue weighted by Crippen LogP contribution is 2.26. The Balaban J connectivity index is 1.86. The summed E-state index contributed by atoms with van der Waals surface area (Å²) in [6.07, 6.45) is 3.98. The first-order valence-corrected chi connectivity index (χ1v) is 8.75. The second-order valence-corrected chi connectivity index (χ2v) is 6.38. The van der Waals surface area contributed by atoms with Gasteiger partial charge in [-0.15, -0.1) is 11.3 Å². The van der Waals surface area contributed by atoms with Crippen LogP contribution in [0.5, 0.6) is 0 Å². The minimum atomic E-state index is -0.534. The first kappa shape index (κ1) is 17.9. The average molecular weight is 343 g/mol. The van der Waals surface area contributed by atoms with Crippen molar-refractivity contribution >= 4 is 35.0 Å². The van der Waals surface area contributed by atoms with Crippen molar-refractivity contribution in [3.63, 3.8) is 0 Å². The van der Waals surface area contributed by atoms with Crippen LogP contribution in [0.2, 0.25) is 0 Å². The summed E-state index contributed by atoms with van der Waals surface area (Å²) in [5.41, 5.74) is 1.85. The molecule has 0 aliphatic heterocycles. The Kier molecular flexibility index (Phi) is 6.75. The van der Waals surface area contributed by atoms with Gasteiger partial charge in [0.1, 0.15) is 0 Å². The molecule has 0 unspecified atom stereocenters. The predicted octanol–water partition coefficient (Wildman–Crippen LogP) is 4.46. The van der Waals surface area contributed by atoms with Crippen molar-refractivity contribution in [2.45, 2.75) is 26.2 Å². The van der Waals surface area contributed by atoms with Crippen LogP contribution in [0.1, 0.15) is 36.6 Å². The van der Waals surface area contributed by atoms with E-state index in [1.807, 2.05) is 41.8 Å². The summed E-state index contributed by atoms with van der Waals surface area (Å²) in [7, 11) is 0. The van der Waals surface area contributed by atoms with Crippen LogP contribution in [0.4, 0.5) is 5.69 Å². The fraction of sp³-hybridized carbons (Fsp3) is 0.263. The molecule has 1 heterocycles. The van der Waals surface area contributed by atoms with Crippen molar-refractivity contribution in [3.8, 4) is 0 Å². The molecule has 1 amide bonds. The zero-order valence-electron chi connectivity index (χ0n) is 13.8. The van der Waals surface area contributed by atoms with E-state index in [4.69, 9.17) is 4.74 Å². The number of para-hydroxylation sites is 1. The van der Waals surface area contributed by atoms with E-state index < -0.39 is 5.97 Å². The van der Waals surface area contributed by atoms with Gasteiger partial charge in [0.2, 0.25) is 0 Å². The number of rotatable bonds is 7. The molecule has 0 bridgehead atoms. The SMILES string of the molecule is CC[C@H](C)c1ccccc1NC(=O)COC(=O)/C=C/c1cccs1. The molecule has 0 spiro atoms. The number of benzene rings is 1. The molecule has 1 N–H and O–H groups in total. The Bertz CT molecular complexity index is 707. The maximum atomic E-state index is 12.0. The number of hydrogen-bond acceptors (Lipinski definition) is 4. The number of amides is 1.